The average molecular weight is 273 g/mol. The largest absolute Gasteiger partial charge is 0.462 e. The van der Waals surface area contributed by atoms with Gasteiger partial charge in [-0.15, -0.1) is 0 Å². The van der Waals surface area contributed by atoms with E-state index < -0.39 is 5.97 Å². The Hall–Kier alpha value is -2.14. The van der Waals surface area contributed by atoms with E-state index in [1.54, 1.807) is 19.1 Å². The summed E-state index contributed by atoms with van der Waals surface area (Å²) in [7, 11) is 0. The van der Waals surface area contributed by atoms with E-state index in [1.807, 2.05) is 16.7 Å². The van der Waals surface area contributed by atoms with Gasteiger partial charge in [0, 0.05) is 11.9 Å². The quantitative estimate of drug-likeness (QED) is 0.782. The van der Waals surface area contributed by atoms with E-state index in [0.29, 0.717) is 24.2 Å². The van der Waals surface area contributed by atoms with Gasteiger partial charge in [0.15, 0.2) is 0 Å². The van der Waals surface area contributed by atoms with Crippen molar-refractivity contribution >= 4 is 16.9 Å². The maximum atomic E-state index is 12.5. The number of pyridine rings is 1. The SMILES string of the molecule is CCOC(=O)c1c2n(c3ccccc3c1=O)CCOC2. The first kappa shape index (κ1) is 12.9. The van der Waals surface area contributed by atoms with Crippen molar-refractivity contribution in [1.82, 2.24) is 4.57 Å². The molecule has 5 heteroatoms. The molecule has 0 aliphatic carbocycles. The van der Waals surface area contributed by atoms with Gasteiger partial charge >= 0.3 is 5.97 Å². The van der Waals surface area contributed by atoms with Gasteiger partial charge < -0.3 is 14.0 Å². The van der Waals surface area contributed by atoms with Gasteiger partial charge in [0.2, 0.25) is 5.43 Å². The second kappa shape index (κ2) is 5.09. The van der Waals surface area contributed by atoms with Crippen LogP contribution in [0.15, 0.2) is 29.1 Å². The molecule has 0 unspecified atom stereocenters. The second-order valence-electron chi connectivity index (χ2n) is 4.59. The van der Waals surface area contributed by atoms with Gasteiger partial charge in [0.25, 0.3) is 0 Å². The number of nitrogens with zero attached hydrogens (tertiary/aromatic N) is 1. The Labute approximate surface area is 115 Å². The summed E-state index contributed by atoms with van der Waals surface area (Å²) in [6.45, 7) is 3.42. The summed E-state index contributed by atoms with van der Waals surface area (Å²) in [5, 5.41) is 0.543. The Morgan fingerprint density at radius 3 is 3.00 bits per heavy atom. The van der Waals surface area contributed by atoms with Gasteiger partial charge in [0.05, 0.1) is 31.0 Å². The molecule has 1 aliphatic heterocycles. The molecule has 104 valence electrons. The molecule has 0 fully saturated rings. The molecule has 1 aliphatic rings. The van der Waals surface area contributed by atoms with Crippen LogP contribution < -0.4 is 5.43 Å². The number of aromatic nitrogens is 1. The monoisotopic (exact) mass is 273 g/mol. The summed E-state index contributed by atoms with van der Waals surface area (Å²) in [5.41, 5.74) is 1.27. The average Bonchev–Trinajstić information content (AvgIpc) is 2.48. The maximum Gasteiger partial charge on any atom is 0.344 e. The van der Waals surface area contributed by atoms with Gasteiger partial charge in [-0.3, -0.25) is 4.79 Å². The summed E-state index contributed by atoms with van der Waals surface area (Å²) in [6.07, 6.45) is 0. The molecule has 2 heterocycles. The molecule has 0 atom stereocenters. The van der Waals surface area contributed by atoms with Gasteiger partial charge in [-0.05, 0) is 19.1 Å². The Bertz CT molecular complexity index is 732. The fourth-order valence-corrected chi connectivity index (χ4v) is 2.59. The van der Waals surface area contributed by atoms with Crippen LogP contribution in [0, 0.1) is 0 Å². The predicted molar refractivity (Wildman–Crippen MR) is 73.8 cm³/mol. The Kier molecular flexibility index (Phi) is 3.28. The number of carbonyl (C=O) groups excluding carboxylic acids is 1. The number of hydrogen-bond donors (Lipinski definition) is 0. The third-order valence-corrected chi connectivity index (χ3v) is 3.46. The highest BCUT2D eigenvalue weighted by molar-refractivity contribution is 5.95. The lowest BCUT2D eigenvalue weighted by molar-refractivity contribution is 0.0499. The highest BCUT2D eigenvalue weighted by Gasteiger charge is 2.25. The summed E-state index contributed by atoms with van der Waals surface area (Å²) < 4.78 is 12.4. The van der Waals surface area contributed by atoms with Gasteiger partial charge in [-0.25, -0.2) is 4.79 Å². The second-order valence-corrected chi connectivity index (χ2v) is 4.59. The molecule has 0 N–H and O–H groups in total. The van der Waals surface area contributed by atoms with Crippen molar-refractivity contribution in [2.24, 2.45) is 0 Å². The highest BCUT2D eigenvalue weighted by Crippen LogP contribution is 2.20. The fourth-order valence-electron chi connectivity index (χ4n) is 2.59. The molecule has 0 spiro atoms. The zero-order valence-electron chi connectivity index (χ0n) is 11.2. The lowest BCUT2D eigenvalue weighted by Gasteiger charge is -2.23. The number of benzene rings is 1. The summed E-state index contributed by atoms with van der Waals surface area (Å²) >= 11 is 0. The first-order valence-electron chi connectivity index (χ1n) is 6.63. The number of carbonyl (C=O) groups is 1. The van der Waals surface area contributed by atoms with Crippen molar-refractivity contribution in [3.05, 3.63) is 45.7 Å². The minimum atomic E-state index is -0.572. The van der Waals surface area contributed by atoms with Crippen LogP contribution in [0.25, 0.3) is 10.9 Å². The summed E-state index contributed by atoms with van der Waals surface area (Å²) in [5.74, 6) is -0.572. The molecule has 0 saturated carbocycles. The van der Waals surface area contributed by atoms with Crippen molar-refractivity contribution in [2.75, 3.05) is 13.2 Å². The van der Waals surface area contributed by atoms with Gasteiger partial charge in [-0.2, -0.15) is 0 Å². The van der Waals surface area contributed by atoms with Gasteiger partial charge in [0.1, 0.15) is 5.56 Å². The molecular weight excluding hydrogens is 258 g/mol. The van der Waals surface area contributed by atoms with Crippen molar-refractivity contribution in [2.45, 2.75) is 20.1 Å². The third kappa shape index (κ3) is 1.91. The van der Waals surface area contributed by atoms with Crippen LogP contribution in [-0.2, 0) is 22.6 Å². The van der Waals surface area contributed by atoms with E-state index >= 15 is 0 Å². The van der Waals surface area contributed by atoms with Crippen molar-refractivity contribution < 1.29 is 14.3 Å². The van der Waals surface area contributed by atoms with Crippen LogP contribution in [0.2, 0.25) is 0 Å². The lowest BCUT2D eigenvalue weighted by Crippen LogP contribution is -2.29. The van der Waals surface area contributed by atoms with Gasteiger partial charge in [-0.1, -0.05) is 12.1 Å². The smallest absolute Gasteiger partial charge is 0.344 e. The standard InChI is InChI=1S/C15H15NO4/c1-2-20-15(18)13-12-9-19-8-7-16(12)11-6-4-3-5-10(11)14(13)17/h3-6H,2,7-9H2,1H3. The highest BCUT2D eigenvalue weighted by atomic mass is 16.5. The molecule has 0 radical (unpaired) electrons. The predicted octanol–water partition coefficient (Wildman–Crippen LogP) is 1.71. The number of rotatable bonds is 2. The summed E-state index contributed by atoms with van der Waals surface area (Å²) in [4.78, 5) is 24.6. The minimum Gasteiger partial charge on any atom is -0.462 e. The number of ether oxygens (including phenoxy) is 2. The molecule has 1 aromatic heterocycles. The van der Waals surface area contributed by atoms with Crippen molar-refractivity contribution in [1.29, 1.82) is 0 Å². The number of esters is 1. The first-order chi connectivity index (χ1) is 9.74. The van der Waals surface area contributed by atoms with E-state index in [0.717, 1.165) is 5.52 Å². The van der Waals surface area contributed by atoms with Crippen LogP contribution in [0.3, 0.4) is 0 Å². The number of fused-ring (bicyclic) bond motifs is 3. The zero-order valence-corrected chi connectivity index (χ0v) is 11.2. The minimum absolute atomic E-state index is 0.102. The van der Waals surface area contributed by atoms with Crippen LogP contribution in [-0.4, -0.2) is 23.8 Å². The van der Waals surface area contributed by atoms with Crippen LogP contribution >= 0.6 is 0 Å². The van der Waals surface area contributed by atoms with E-state index in [-0.39, 0.29) is 24.2 Å². The van der Waals surface area contributed by atoms with Crippen LogP contribution in [0.4, 0.5) is 0 Å². The summed E-state index contributed by atoms with van der Waals surface area (Å²) in [6, 6.07) is 7.31. The molecule has 1 aromatic carbocycles. The molecule has 0 saturated heterocycles. The molecule has 3 rings (SSSR count). The third-order valence-electron chi connectivity index (χ3n) is 3.46. The normalized spacial score (nSPS) is 14.1. The zero-order chi connectivity index (χ0) is 14.1. The van der Waals surface area contributed by atoms with Crippen LogP contribution in [0.5, 0.6) is 0 Å². The molecule has 5 nitrogen and oxygen atoms in total. The Morgan fingerprint density at radius 2 is 2.20 bits per heavy atom. The number of hydrogen-bond acceptors (Lipinski definition) is 4. The maximum absolute atomic E-state index is 12.5. The van der Waals surface area contributed by atoms with E-state index in [9.17, 15) is 9.59 Å². The van der Waals surface area contributed by atoms with E-state index in [1.165, 1.54) is 0 Å². The Balaban J connectivity index is 2.36. The topological polar surface area (TPSA) is 57.5 Å². The van der Waals surface area contributed by atoms with E-state index in [2.05, 4.69) is 0 Å². The van der Waals surface area contributed by atoms with Crippen LogP contribution in [0.1, 0.15) is 23.0 Å². The molecule has 0 bridgehead atoms. The van der Waals surface area contributed by atoms with E-state index in [4.69, 9.17) is 9.47 Å². The van der Waals surface area contributed by atoms with Crippen molar-refractivity contribution in [3.8, 4) is 0 Å². The van der Waals surface area contributed by atoms with Crippen molar-refractivity contribution in [3.63, 3.8) is 0 Å². The molecule has 0 amide bonds. The first-order valence-corrected chi connectivity index (χ1v) is 6.63. The molecule has 20 heavy (non-hydrogen) atoms. The number of para-hydroxylation sites is 1. The molecular formula is C15H15NO4. The molecule has 2 aromatic rings. The fraction of sp³-hybridized carbons (Fsp3) is 0.333. The Morgan fingerprint density at radius 1 is 1.40 bits per heavy atom. The lowest BCUT2D eigenvalue weighted by atomic mass is 10.1.